The van der Waals surface area contributed by atoms with E-state index >= 15 is 0 Å². The predicted molar refractivity (Wildman–Crippen MR) is 205 cm³/mol. The molecule has 0 saturated carbocycles. The highest BCUT2D eigenvalue weighted by atomic mass is 32.2. The number of para-hydroxylation sites is 1. The second-order valence-electron chi connectivity index (χ2n) is 13.0. The van der Waals surface area contributed by atoms with E-state index in [-0.39, 0.29) is 6.71 Å². The Hall–Kier alpha value is -4.90. The molecule has 0 bridgehead atoms. The Kier molecular flexibility index (Phi) is 6.50. The summed E-state index contributed by atoms with van der Waals surface area (Å²) in [4.78, 5) is 7.80. The van der Waals surface area contributed by atoms with Gasteiger partial charge in [0, 0.05) is 36.5 Å². The first-order chi connectivity index (χ1) is 23.7. The van der Waals surface area contributed by atoms with Crippen LogP contribution >= 0.6 is 23.5 Å². The van der Waals surface area contributed by atoms with E-state index in [0.717, 1.165) is 6.42 Å². The van der Waals surface area contributed by atoms with Crippen molar-refractivity contribution in [3.63, 3.8) is 0 Å². The molecule has 3 aliphatic rings. The summed E-state index contributed by atoms with van der Waals surface area (Å²) in [7, 11) is 0. The van der Waals surface area contributed by atoms with Crippen LogP contribution in [0.1, 0.15) is 16.7 Å². The zero-order valence-corrected chi connectivity index (χ0v) is 28.1. The molecule has 48 heavy (non-hydrogen) atoms. The van der Waals surface area contributed by atoms with Gasteiger partial charge in [-0.1, -0.05) is 126 Å². The van der Waals surface area contributed by atoms with Crippen molar-refractivity contribution in [1.82, 2.24) is 0 Å². The summed E-state index contributed by atoms with van der Waals surface area (Å²) in [5.41, 5.74) is 17.4. The lowest BCUT2D eigenvalue weighted by atomic mass is 9.34. The molecule has 1 aliphatic carbocycles. The fraction of sp³-hybridized carbons (Fsp3) is 0.0455. The zero-order chi connectivity index (χ0) is 31.8. The van der Waals surface area contributed by atoms with Crippen molar-refractivity contribution in [3.05, 3.63) is 168 Å². The molecule has 0 atom stereocenters. The van der Waals surface area contributed by atoms with Crippen molar-refractivity contribution in [2.24, 2.45) is 0 Å². The Balaban J connectivity index is 1.21. The molecule has 1 nitrogen and oxygen atoms in total. The number of nitrogens with zero attached hydrogens (tertiary/aromatic N) is 1. The third kappa shape index (κ3) is 4.43. The van der Waals surface area contributed by atoms with E-state index < -0.39 is 0 Å². The van der Waals surface area contributed by atoms with E-state index in [1.165, 1.54) is 92.0 Å². The molecule has 0 aromatic heterocycles. The second kappa shape index (κ2) is 11.1. The molecular weight excluding hydrogens is 617 g/mol. The van der Waals surface area contributed by atoms with Crippen LogP contribution in [-0.4, -0.2) is 6.71 Å². The van der Waals surface area contributed by atoms with Crippen molar-refractivity contribution in [2.45, 2.75) is 32.9 Å². The minimum absolute atomic E-state index is 0.176. The van der Waals surface area contributed by atoms with Gasteiger partial charge < -0.3 is 4.90 Å². The topological polar surface area (TPSA) is 3.24 Å². The van der Waals surface area contributed by atoms with Crippen molar-refractivity contribution in [1.29, 1.82) is 0 Å². The molecule has 2 heterocycles. The summed E-state index contributed by atoms with van der Waals surface area (Å²) in [6, 6.07) is 56.5. The second-order valence-corrected chi connectivity index (χ2v) is 15.2. The van der Waals surface area contributed by atoms with Gasteiger partial charge in [-0.15, -0.1) is 0 Å². The third-order valence-electron chi connectivity index (χ3n) is 10.0. The number of hydrogen-bond acceptors (Lipinski definition) is 3. The Morgan fingerprint density at radius 1 is 0.542 bits per heavy atom. The van der Waals surface area contributed by atoms with Crippen molar-refractivity contribution < 1.29 is 0 Å². The molecule has 226 valence electrons. The van der Waals surface area contributed by atoms with Gasteiger partial charge in [-0.3, -0.25) is 0 Å². The third-order valence-corrected chi connectivity index (χ3v) is 12.2. The van der Waals surface area contributed by atoms with Crippen LogP contribution in [0.4, 0.5) is 17.1 Å². The fourth-order valence-corrected chi connectivity index (χ4v) is 10.1. The van der Waals surface area contributed by atoms with Gasteiger partial charge in [0.15, 0.2) is 0 Å². The van der Waals surface area contributed by atoms with Crippen molar-refractivity contribution >= 4 is 63.7 Å². The molecule has 0 fully saturated rings. The quantitative estimate of drug-likeness (QED) is 0.175. The van der Waals surface area contributed by atoms with E-state index in [0.29, 0.717) is 0 Å². The monoisotopic (exact) mass is 647 g/mol. The van der Waals surface area contributed by atoms with E-state index in [1.807, 2.05) is 23.5 Å². The molecule has 0 saturated heterocycles. The maximum atomic E-state index is 2.59. The van der Waals surface area contributed by atoms with Crippen molar-refractivity contribution in [3.8, 4) is 22.3 Å². The lowest BCUT2D eigenvalue weighted by Gasteiger charge is -2.41. The molecule has 0 unspecified atom stereocenters. The zero-order valence-electron chi connectivity index (χ0n) is 26.5. The maximum absolute atomic E-state index is 2.59. The van der Waals surface area contributed by atoms with Crippen LogP contribution in [0.2, 0.25) is 0 Å². The van der Waals surface area contributed by atoms with Gasteiger partial charge >= 0.3 is 0 Å². The van der Waals surface area contributed by atoms with Gasteiger partial charge in [0.05, 0.1) is 5.69 Å². The molecule has 7 aromatic carbocycles. The first kappa shape index (κ1) is 28.1. The maximum Gasteiger partial charge on any atom is 0.249 e. The van der Waals surface area contributed by atoms with Gasteiger partial charge in [0.25, 0.3) is 0 Å². The number of anilines is 3. The first-order valence-corrected chi connectivity index (χ1v) is 18.2. The summed E-state index contributed by atoms with van der Waals surface area (Å²) in [6.07, 6.45) is 0.968. The van der Waals surface area contributed by atoms with Crippen molar-refractivity contribution in [2.75, 3.05) is 4.90 Å². The van der Waals surface area contributed by atoms with Gasteiger partial charge in [-0.25, -0.2) is 0 Å². The average Bonchev–Trinajstić information content (AvgIpc) is 3.48. The summed E-state index contributed by atoms with van der Waals surface area (Å²) in [5, 5.41) is 0. The van der Waals surface area contributed by atoms with Crippen LogP contribution in [-0.2, 0) is 6.42 Å². The van der Waals surface area contributed by atoms with Gasteiger partial charge in [0.2, 0.25) is 6.71 Å². The lowest BCUT2D eigenvalue weighted by Crippen LogP contribution is -2.60. The van der Waals surface area contributed by atoms with Crippen LogP contribution in [0.3, 0.4) is 0 Å². The van der Waals surface area contributed by atoms with E-state index in [1.54, 1.807) is 0 Å². The minimum atomic E-state index is 0.176. The Labute approximate surface area is 290 Å². The van der Waals surface area contributed by atoms with E-state index in [2.05, 4.69) is 163 Å². The highest BCUT2D eigenvalue weighted by molar-refractivity contribution is 8.00. The molecule has 7 aromatic rings. The molecular formula is C44H30BNS2. The van der Waals surface area contributed by atoms with Crippen LogP contribution in [0.5, 0.6) is 0 Å². The summed E-state index contributed by atoms with van der Waals surface area (Å²) >= 11 is 3.74. The summed E-state index contributed by atoms with van der Waals surface area (Å²) < 4.78 is 0. The molecule has 10 rings (SSSR count). The Morgan fingerprint density at radius 3 is 2.23 bits per heavy atom. The van der Waals surface area contributed by atoms with Crippen LogP contribution < -0.4 is 21.3 Å². The van der Waals surface area contributed by atoms with Crippen LogP contribution in [0, 0.1) is 6.92 Å². The largest absolute Gasteiger partial charge is 0.311 e. The normalized spacial score (nSPS) is 13.4. The molecule has 4 heteroatoms. The summed E-state index contributed by atoms with van der Waals surface area (Å²) in [6.45, 7) is 2.42. The standard InChI is InChI=1S/C44H30BNS2/c1-28-22-41-44-43(23-28)48-42-21-10-8-19-37(42)45(44)38-27-36-31(24-29-12-5-6-17-34(29)36)26-40(38)46(41)39-20-9-7-18-35(39)30-13-11-16-33(25-30)47-32-14-3-2-4-15-32/h2-23,25-27H,24H2,1H3. The molecule has 0 N–H and O–H groups in total. The molecule has 0 spiro atoms. The number of fused-ring (bicyclic) bond motifs is 7. The smallest absolute Gasteiger partial charge is 0.249 e. The number of aryl methyl sites for hydroxylation is 1. The van der Waals surface area contributed by atoms with Gasteiger partial charge in [-0.2, -0.15) is 0 Å². The van der Waals surface area contributed by atoms with Crippen LogP contribution in [0.15, 0.2) is 171 Å². The van der Waals surface area contributed by atoms with Gasteiger partial charge in [0.1, 0.15) is 0 Å². The number of hydrogen-bond donors (Lipinski definition) is 0. The molecule has 2 aliphatic heterocycles. The first-order valence-electron chi connectivity index (χ1n) is 16.6. The highest BCUT2D eigenvalue weighted by Crippen LogP contribution is 2.48. The highest BCUT2D eigenvalue weighted by Gasteiger charge is 2.42. The Bertz CT molecular complexity index is 2420. The number of rotatable bonds is 4. The average molecular weight is 648 g/mol. The minimum Gasteiger partial charge on any atom is -0.311 e. The van der Waals surface area contributed by atoms with E-state index in [9.17, 15) is 0 Å². The Morgan fingerprint density at radius 2 is 1.31 bits per heavy atom. The van der Waals surface area contributed by atoms with Crippen LogP contribution in [0.25, 0.3) is 22.3 Å². The number of benzene rings is 7. The molecule has 0 radical (unpaired) electrons. The van der Waals surface area contributed by atoms with E-state index in [4.69, 9.17) is 0 Å². The molecule has 0 amide bonds. The lowest BCUT2D eigenvalue weighted by molar-refractivity contribution is 1.22. The SMILES string of the molecule is Cc1cc2c3c(c1)N(c1ccccc1-c1cccc(Sc4ccccc4)c1)c1cc4c(cc1B3c1ccccc1S2)-c1ccccc1C4. The van der Waals surface area contributed by atoms with Gasteiger partial charge in [-0.05, 0) is 112 Å². The summed E-state index contributed by atoms with van der Waals surface area (Å²) in [5.74, 6) is 0. The predicted octanol–water partition coefficient (Wildman–Crippen LogP) is 10.1. The fourth-order valence-electron chi connectivity index (χ4n) is 7.98.